The van der Waals surface area contributed by atoms with Crippen LogP contribution in [0, 0.1) is 6.92 Å². The Morgan fingerprint density at radius 1 is 1.21 bits per heavy atom. The summed E-state index contributed by atoms with van der Waals surface area (Å²) in [4.78, 5) is 0. The summed E-state index contributed by atoms with van der Waals surface area (Å²) in [7, 11) is 0. The highest BCUT2D eigenvalue weighted by molar-refractivity contribution is 5.28. The molecular formula is C13H21N. The van der Waals surface area contributed by atoms with E-state index in [0.29, 0.717) is 0 Å². The van der Waals surface area contributed by atoms with Crippen molar-refractivity contribution in [3.63, 3.8) is 0 Å². The highest BCUT2D eigenvalue weighted by Crippen LogP contribution is 2.30. The Morgan fingerprint density at radius 3 is 2.21 bits per heavy atom. The molecule has 0 fully saturated rings. The van der Waals surface area contributed by atoms with Crippen molar-refractivity contribution in [3.8, 4) is 0 Å². The van der Waals surface area contributed by atoms with Gasteiger partial charge < -0.3 is 5.73 Å². The van der Waals surface area contributed by atoms with Crippen LogP contribution in [-0.4, -0.2) is 6.54 Å². The predicted octanol–water partition coefficient (Wildman–Crippen LogP) is 3.01. The number of benzene rings is 1. The molecule has 0 aliphatic heterocycles. The Kier molecular flexibility index (Phi) is 3.70. The Balaban J connectivity index is 2.94. The first-order valence-electron chi connectivity index (χ1n) is 5.39. The highest BCUT2D eigenvalue weighted by Gasteiger charge is 2.22. The first-order chi connectivity index (χ1) is 6.62. The van der Waals surface area contributed by atoms with Crippen LogP contribution in [0.2, 0.25) is 0 Å². The minimum absolute atomic E-state index is 0.252. The number of nitrogens with two attached hydrogens (primary N) is 1. The second kappa shape index (κ2) is 4.61. The third kappa shape index (κ3) is 2.36. The number of rotatable bonds is 4. The first-order valence-corrected chi connectivity index (χ1v) is 5.39. The van der Waals surface area contributed by atoms with Crippen LogP contribution in [-0.2, 0) is 5.41 Å². The lowest BCUT2D eigenvalue weighted by Gasteiger charge is -2.28. The summed E-state index contributed by atoms with van der Waals surface area (Å²) in [5, 5.41) is 0. The molecule has 0 amide bonds. The summed E-state index contributed by atoms with van der Waals surface area (Å²) < 4.78 is 0. The van der Waals surface area contributed by atoms with Crippen molar-refractivity contribution in [2.45, 2.75) is 39.0 Å². The Bertz CT molecular complexity index is 276. The molecule has 1 atom stereocenters. The molecule has 1 unspecified atom stereocenters. The van der Waals surface area contributed by atoms with Crippen molar-refractivity contribution in [3.05, 3.63) is 35.4 Å². The molecule has 1 heteroatoms. The van der Waals surface area contributed by atoms with E-state index in [9.17, 15) is 0 Å². The normalized spacial score (nSPS) is 15.1. The van der Waals surface area contributed by atoms with Crippen molar-refractivity contribution in [2.24, 2.45) is 5.73 Å². The fourth-order valence-corrected chi connectivity index (χ4v) is 1.80. The lowest BCUT2D eigenvalue weighted by molar-refractivity contribution is 0.425. The van der Waals surface area contributed by atoms with Gasteiger partial charge in [-0.3, -0.25) is 0 Å². The van der Waals surface area contributed by atoms with Gasteiger partial charge in [0.05, 0.1) is 0 Å². The van der Waals surface area contributed by atoms with Gasteiger partial charge in [-0.25, -0.2) is 0 Å². The van der Waals surface area contributed by atoms with Gasteiger partial charge in [-0.05, 0) is 37.3 Å². The molecule has 0 radical (unpaired) electrons. The minimum atomic E-state index is 0.252. The van der Waals surface area contributed by atoms with E-state index in [0.717, 1.165) is 19.4 Å². The maximum absolute atomic E-state index is 5.66. The van der Waals surface area contributed by atoms with Crippen LogP contribution in [0.4, 0.5) is 0 Å². The van der Waals surface area contributed by atoms with Gasteiger partial charge in [0.15, 0.2) is 0 Å². The van der Waals surface area contributed by atoms with Gasteiger partial charge in [-0.15, -0.1) is 0 Å². The highest BCUT2D eigenvalue weighted by atomic mass is 14.5. The average Bonchev–Trinajstić information content (AvgIpc) is 2.19. The van der Waals surface area contributed by atoms with E-state index in [-0.39, 0.29) is 5.41 Å². The van der Waals surface area contributed by atoms with Crippen molar-refractivity contribution in [1.82, 2.24) is 0 Å². The lowest BCUT2D eigenvalue weighted by atomic mass is 9.77. The standard InChI is InChI=1S/C13H21N/c1-4-13(3,9-10-14)12-7-5-11(2)6-8-12/h5-8H,4,9-10,14H2,1-3H3. The largest absolute Gasteiger partial charge is 0.330 e. The molecule has 1 nitrogen and oxygen atoms in total. The maximum Gasteiger partial charge on any atom is -0.00659 e. The van der Waals surface area contributed by atoms with Crippen LogP contribution in [0.1, 0.15) is 37.8 Å². The summed E-state index contributed by atoms with van der Waals surface area (Å²) in [5.74, 6) is 0. The van der Waals surface area contributed by atoms with Crippen LogP contribution >= 0.6 is 0 Å². The predicted molar refractivity (Wildman–Crippen MR) is 62.5 cm³/mol. The monoisotopic (exact) mass is 191 g/mol. The van der Waals surface area contributed by atoms with Gasteiger partial charge >= 0.3 is 0 Å². The molecule has 2 N–H and O–H groups in total. The summed E-state index contributed by atoms with van der Waals surface area (Å²) in [6.07, 6.45) is 2.21. The van der Waals surface area contributed by atoms with Crippen LogP contribution in [0.25, 0.3) is 0 Å². The lowest BCUT2D eigenvalue weighted by Crippen LogP contribution is -2.24. The fraction of sp³-hybridized carbons (Fsp3) is 0.538. The topological polar surface area (TPSA) is 26.0 Å². The van der Waals surface area contributed by atoms with Crippen LogP contribution < -0.4 is 5.73 Å². The third-order valence-electron chi connectivity index (χ3n) is 3.22. The number of aryl methyl sites for hydroxylation is 1. The van der Waals surface area contributed by atoms with E-state index >= 15 is 0 Å². The molecule has 0 saturated heterocycles. The Hall–Kier alpha value is -0.820. The second-order valence-electron chi connectivity index (χ2n) is 4.32. The maximum atomic E-state index is 5.66. The number of hydrogen-bond donors (Lipinski definition) is 1. The molecule has 0 aromatic heterocycles. The van der Waals surface area contributed by atoms with Gasteiger partial charge in [-0.1, -0.05) is 43.7 Å². The van der Waals surface area contributed by atoms with Crippen LogP contribution in [0.3, 0.4) is 0 Å². The van der Waals surface area contributed by atoms with E-state index in [1.165, 1.54) is 11.1 Å². The minimum Gasteiger partial charge on any atom is -0.330 e. The quantitative estimate of drug-likeness (QED) is 0.778. The van der Waals surface area contributed by atoms with Gasteiger partial charge in [0.25, 0.3) is 0 Å². The van der Waals surface area contributed by atoms with Gasteiger partial charge in [0.2, 0.25) is 0 Å². The first kappa shape index (κ1) is 11.3. The zero-order valence-electron chi connectivity index (χ0n) is 9.51. The molecule has 0 spiro atoms. The van der Waals surface area contributed by atoms with Crippen molar-refractivity contribution in [2.75, 3.05) is 6.54 Å². The van der Waals surface area contributed by atoms with Crippen molar-refractivity contribution in [1.29, 1.82) is 0 Å². The average molecular weight is 191 g/mol. The van der Waals surface area contributed by atoms with E-state index in [1.807, 2.05) is 0 Å². The van der Waals surface area contributed by atoms with E-state index in [4.69, 9.17) is 5.73 Å². The number of hydrogen-bond acceptors (Lipinski definition) is 1. The molecule has 0 saturated carbocycles. The third-order valence-corrected chi connectivity index (χ3v) is 3.22. The molecule has 0 aliphatic carbocycles. The van der Waals surface area contributed by atoms with E-state index in [2.05, 4.69) is 45.0 Å². The molecule has 1 rings (SSSR count). The van der Waals surface area contributed by atoms with Crippen molar-refractivity contribution < 1.29 is 0 Å². The van der Waals surface area contributed by atoms with E-state index in [1.54, 1.807) is 0 Å². The van der Waals surface area contributed by atoms with Crippen LogP contribution in [0.5, 0.6) is 0 Å². The Morgan fingerprint density at radius 2 is 1.79 bits per heavy atom. The summed E-state index contributed by atoms with van der Waals surface area (Å²) >= 11 is 0. The molecule has 0 heterocycles. The summed E-state index contributed by atoms with van der Waals surface area (Å²) in [5.41, 5.74) is 8.64. The molecule has 78 valence electrons. The fourth-order valence-electron chi connectivity index (χ4n) is 1.80. The zero-order valence-corrected chi connectivity index (χ0v) is 9.51. The summed E-state index contributed by atoms with van der Waals surface area (Å²) in [6.45, 7) is 7.41. The Labute approximate surface area is 87.3 Å². The molecule has 0 aliphatic rings. The van der Waals surface area contributed by atoms with Gasteiger partial charge in [-0.2, -0.15) is 0 Å². The summed E-state index contributed by atoms with van der Waals surface area (Å²) in [6, 6.07) is 8.82. The molecule has 14 heavy (non-hydrogen) atoms. The van der Waals surface area contributed by atoms with Gasteiger partial charge in [0, 0.05) is 0 Å². The van der Waals surface area contributed by atoms with Crippen molar-refractivity contribution >= 4 is 0 Å². The van der Waals surface area contributed by atoms with E-state index < -0.39 is 0 Å². The molecule has 0 bridgehead atoms. The smallest absolute Gasteiger partial charge is 0.00659 e. The molecular weight excluding hydrogens is 170 g/mol. The molecule has 1 aromatic rings. The second-order valence-corrected chi connectivity index (χ2v) is 4.32. The molecule has 1 aromatic carbocycles. The van der Waals surface area contributed by atoms with Gasteiger partial charge in [0.1, 0.15) is 0 Å². The SMILES string of the molecule is CCC(C)(CCN)c1ccc(C)cc1. The zero-order chi connectivity index (χ0) is 10.6. The van der Waals surface area contributed by atoms with Crippen LogP contribution in [0.15, 0.2) is 24.3 Å².